The maximum atomic E-state index is 12.1. The van der Waals surface area contributed by atoms with E-state index in [1.165, 1.54) is 0 Å². The molecule has 5 nitrogen and oxygen atoms in total. The first-order valence-corrected chi connectivity index (χ1v) is 7.81. The molecule has 0 amide bonds. The minimum absolute atomic E-state index is 0.236. The van der Waals surface area contributed by atoms with Gasteiger partial charge in [0.05, 0.1) is 18.9 Å². The molecule has 0 N–H and O–H groups in total. The Bertz CT molecular complexity index is 437. The van der Waals surface area contributed by atoms with Crippen LogP contribution in [0.15, 0.2) is 35.5 Å². The summed E-state index contributed by atoms with van der Waals surface area (Å²) in [5, 5.41) is 3.93. The van der Waals surface area contributed by atoms with Gasteiger partial charge in [-0.1, -0.05) is 42.4 Å². The van der Waals surface area contributed by atoms with Crippen molar-refractivity contribution in [1.82, 2.24) is 0 Å². The SMILES string of the molecule is CCOP(=O)(OCC)ON=C(CC)c1ccccc1. The van der Waals surface area contributed by atoms with Gasteiger partial charge in [-0.2, -0.15) is 0 Å². The van der Waals surface area contributed by atoms with E-state index in [-0.39, 0.29) is 13.2 Å². The third kappa shape index (κ3) is 5.15. The van der Waals surface area contributed by atoms with Gasteiger partial charge in [-0.25, -0.2) is 4.57 Å². The first-order valence-electron chi connectivity index (χ1n) is 6.35. The number of hydrogen-bond donors (Lipinski definition) is 0. The Hall–Kier alpha value is -1.16. The average Bonchev–Trinajstić information content (AvgIpc) is 2.41. The number of benzene rings is 1. The Morgan fingerprint density at radius 1 is 1.11 bits per heavy atom. The minimum atomic E-state index is -3.59. The smallest absolute Gasteiger partial charge is 0.292 e. The summed E-state index contributed by atoms with van der Waals surface area (Å²) in [6.07, 6.45) is 0.655. The number of hydrogen-bond acceptors (Lipinski definition) is 5. The molecule has 1 rings (SSSR count). The van der Waals surface area contributed by atoms with Crippen molar-refractivity contribution in [3.63, 3.8) is 0 Å². The highest BCUT2D eigenvalue weighted by atomic mass is 31.2. The molecule has 0 heterocycles. The molecule has 0 radical (unpaired) electrons. The van der Waals surface area contributed by atoms with Crippen molar-refractivity contribution >= 4 is 13.5 Å². The van der Waals surface area contributed by atoms with Crippen molar-refractivity contribution in [2.75, 3.05) is 13.2 Å². The molecule has 0 saturated carbocycles. The van der Waals surface area contributed by atoms with Crippen LogP contribution in [-0.4, -0.2) is 18.9 Å². The minimum Gasteiger partial charge on any atom is -0.292 e. The fourth-order valence-electron chi connectivity index (χ4n) is 1.45. The van der Waals surface area contributed by atoms with Gasteiger partial charge in [0, 0.05) is 0 Å². The second kappa shape index (κ2) is 8.10. The molecule has 106 valence electrons. The van der Waals surface area contributed by atoms with Gasteiger partial charge in [-0.15, -0.1) is 0 Å². The number of nitrogens with zero attached hydrogens (tertiary/aromatic N) is 1. The molecule has 0 bridgehead atoms. The predicted octanol–water partition coefficient (Wildman–Crippen LogP) is 4.00. The summed E-state index contributed by atoms with van der Waals surface area (Å²) >= 11 is 0. The monoisotopic (exact) mass is 285 g/mol. The maximum absolute atomic E-state index is 12.1. The van der Waals surface area contributed by atoms with E-state index < -0.39 is 7.82 Å². The van der Waals surface area contributed by atoms with Crippen LogP contribution in [-0.2, 0) is 18.2 Å². The molecule has 0 aliphatic rings. The van der Waals surface area contributed by atoms with Gasteiger partial charge >= 0.3 is 7.82 Å². The molecular weight excluding hydrogens is 265 g/mol. The summed E-state index contributed by atoms with van der Waals surface area (Å²) in [5.41, 5.74) is 1.62. The van der Waals surface area contributed by atoms with Crippen LogP contribution in [0.1, 0.15) is 32.8 Å². The lowest BCUT2D eigenvalue weighted by Crippen LogP contribution is -2.02. The zero-order chi connectivity index (χ0) is 14.1. The molecule has 1 aromatic rings. The molecule has 0 fully saturated rings. The molecule has 0 aliphatic heterocycles. The third-order valence-electron chi connectivity index (χ3n) is 2.27. The quantitative estimate of drug-likeness (QED) is 0.411. The van der Waals surface area contributed by atoms with Crippen LogP contribution in [0.5, 0.6) is 0 Å². The summed E-state index contributed by atoms with van der Waals surface area (Å²) in [4.78, 5) is 0. The highest BCUT2D eigenvalue weighted by Gasteiger charge is 2.27. The van der Waals surface area contributed by atoms with Crippen LogP contribution >= 0.6 is 7.82 Å². The van der Waals surface area contributed by atoms with E-state index in [1.807, 2.05) is 37.3 Å². The molecule has 0 spiro atoms. The maximum Gasteiger partial charge on any atom is 0.550 e. The number of oxime groups is 1. The van der Waals surface area contributed by atoms with Crippen molar-refractivity contribution in [2.24, 2.45) is 5.16 Å². The Labute approximate surface area is 114 Å². The van der Waals surface area contributed by atoms with Crippen LogP contribution in [0.2, 0.25) is 0 Å². The van der Waals surface area contributed by atoms with E-state index >= 15 is 0 Å². The van der Waals surface area contributed by atoms with E-state index in [0.29, 0.717) is 12.1 Å². The standard InChI is InChI=1S/C13H20NO4P/c1-4-13(12-10-8-7-9-11-12)14-18-19(15,16-5-2)17-6-3/h7-11H,4-6H2,1-3H3. The largest absolute Gasteiger partial charge is 0.550 e. The lowest BCUT2D eigenvalue weighted by atomic mass is 10.1. The predicted molar refractivity (Wildman–Crippen MR) is 75.2 cm³/mol. The van der Waals surface area contributed by atoms with Crippen molar-refractivity contribution in [3.8, 4) is 0 Å². The van der Waals surface area contributed by atoms with Gasteiger partial charge < -0.3 is 0 Å². The molecule has 6 heteroatoms. The highest BCUT2D eigenvalue weighted by molar-refractivity contribution is 7.48. The van der Waals surface area contributed by atoms with Crippen molar-refractivity contribution in [3.05, 3.63) is 35.9 Å². The van der Waals surface area contributed by atoms with Crippen LogP contribution < -0.4 is 0 Å². The highest BCUT2D eigenvalue weighted by Crippen LogP contribution is 2.49. The lowest BCUT2D eigenvalue weighted by molar-refractivity contribution is 0.125. The fourth-order valence-corrected chi connectivity index (χ4v) is 2.45. The molecule has 1 aromatic carbocycles. The topological polar surface area (TPSA) is 57.1 Å². The molecule has 19 heavy (non-hydrogen) atoms. The summed E-state index contributed by atoms with van der Waals surface area (Å²) in [5.74, 6) is 0. The van der Waals surface area contributed by atoms with Gasteiger partial charge in [0.2, 0.25) is 0 Å². The van der Waals surface area contributed by atoms with Gasteiger partial charge in [0.1, 0.15) is 0 Å². The van der Waals surface area contributed by atoms with Gasteiger partial charge in [0.25, 0.3) is 0 Å². The van der Waals surface area contributed by atoms with Crippen molar-refractivity contribution < 1.29 is 18.2 Å². The van der Waals surface area contributed by atoms with E-state index in [1.54, 1.807) is 13.8 Å². The summed E-state index contributed by atoms with van der Waals surface area (Å²) in [6.45, 7) is 5.86. The molecular formula is C13H20NO4P. The summed E-state index contributed by atoms with van der Waals surface area (Å²) < 4.78 is 27.1. The Morgan fingerprint density at radius 2 is 1.68 bits per heavy atom. The zero-order valence-electron chi connectivity index (χ0n) is 11.5. The fraction of sp³-hybridized carbons (Fsp3) is 0.462. The van der Waals surface area contributed by atoms with Crippen LogP contribution in [0.4, 0.5) is 0 Å². The Morgan fingerprint density at radius 3 is 2.16 bits per heavy atom. The first kappa shape index (κ1) is 15.9. The van der Waals surface area contributed by atoms with Crippen LogP contribution in [0.25, 0.3) is 0 Å². The van der Waals surface area contributed by atoms with E-state index in [9.17, 15) is 4.57 Å². The van der Waals surface area contributed by atoms with Gasteiger partial charge in [0.15, 0.2) is 0 Å². The second-order valence-electron chi connectivity index (χ2n) is 3.62. The average molecular weight is 285 g/mol. The molecule has 0 saturated heterocycles. The Balaban J connectivity index is 2.84. The van der Waals surface area contributed by atoms with Gasteiger partial charge in [-0.05, 0) is 25.8 Å². The lowest BCUT2D eigenvalue weighted by Gasteiger charge is -2.13. The third-order valence-corrected chi connectivity index (χ3v) is 3.70. The number of phosphoric ester groups is 1. The van der Waals surface area contributed by atoms with E-state index in [2.05, 4.69) is 5.16 Å². The van der Waals surface area contributed by atoms with Crippen LogP contribution in [0.3, 0.4) is 0 Å². The molecule has 0 aromatic heterocycles. The number of rotatable bonds is 8. The normalized spacial score (nSPS) is 12.5. The first-order chi connectivity index (χ1) is 9.15. The van der Waals surface area contributed by atoms with Crippen LogP contribution in [0, 0.1) is 0 Å². The van der Waals surface area contributed by atoms with Gasteiger partial charge in [-0.3, -0.25) is 13.7 Å². The van der Waals surface area contributed by atoms with Crippen molar-refractivity contribution in [1.29, 1.82) is 0 Å². The van der Waals surface area contributed by atoms with E-state index in [4.69, 9.17) is 13.7 Å². The molecule has 0 atom stereocenters. The zero-order valence-corrected chi connectivity index (χ0v) is 12.4. The Kier molecular flexibility index (Phi) is 6.78. The van der Waals surface area contributed by atoms with E-state index in [0.717, 1.165) is 5.56 Å². The summed E-state index contributed by atoms with van der Waals surface area (Å²) in [6, 6.07) is 9.56. The summed E-state index contributed by atoms with van der Waals surface area (Å²) in [7, 11) is -3.59. The second-order valence-corrected chi connectivity index (χ2v) is 5.20. The van der Waals surface area contributed by atoms with Crippen molar-refractivity contribution in [2.45, 2.75) is 27.2 Å². The molecule has 0 aliphatic carbocycles. The number of phosphoric acid groups is 1. The molecule has 0 unspecified atom stereocenters.